The van der Waals surface area contributed by atoms with E-state index >= 15 is 0 Å². The van der Waals surface area contributed by atoms with E-state index in [0.29, 0.717) is 17.4 Å². The number of nitrogens with two attached hydrogens (primary N) is 1. The molecule has 0 atom stereocenters. The second kappa shape index (κ2) is 6.45. The molecule has 1 rings (SSSR count). The molecule has 1 aromatic rings. The fraction of sp³-hybridized carbons (Fsp3) is 0.273. The zero-order valence-corrected chi connectivity index (χ0v) is 9.33. The number of methoxy groups -OCH3 is 1. The highest BCUT2D eigenvalue weighted by Crippen LogP contribution is 2.25. The van der Waals surface area contributed by atoms with Gasteiger partial charge in [0.15, 0.2) is 0 Å². The lowest BCUT2D eigenvalue weighted by molar-refractivity contribution is 0.143. The van der Waals surface area contributed by atoms with Gasteiger partial charge in [-0.25, -0.2) is 5.90 Å². The molecule has 0 amide bonds. The Balaban J connectivity index is 2.63. The molecule has 2 N–H and O–H groups in total. The highest BCUT2D eigenvalue weighted by molar-refractivity contribution is 6.32. The second-order valence-electron chi connectivity index (χ2n) is 2.96. The van der Waals surface area contributed by atoms with Gasteiger partial charge in [-0.2, -0.15) is 0 Å². The summed E-state index contributed by atoms with van der Waals surface area (Å²) in [7, 11) is 1.59. The maximum Gasteiger partial charge on any atom is 0.137 e. The van der Waals surface area contributed by atoms with E-state index in [2.05, 4.69) is 4.84 Å². The summed E-state index contributed by atoms with van der Waals surface area (Å²) in [6, 6.07) is 5.62. The van der Waals surface area contributed by atoms with Gasteiger partial charge in [-0.1, -0.05) is 29.8 Å². The maximum atomic E-state index is 5.97. The van der Waals surface area contributed by atoms with Crippen LogP contribution in [0.2, 0.25) is 5.02 Å². The highest BCUT2D eigenvalue weighted by atomic mass is 35.5. The molecule has 0 aromatic heterocycles. The minimum absolute atomic E-state index is 0.514. The van der Waals surface area contributed by atoms with E-state index in [1.54, 1.807) is 7.11 Å². The van der Waals surface area contributed by atoms with Crippen molar-refractivity contribution >= 4 is 17.7 Å². The van der Waals surface area contributed by atoms with Crippen molar-refractivity contribution in [3.63, 3.8) is 0 Å². The first kappa shape index (κ1) is 12.0. The summed E-state index contributed by atoms with van der Waals surface area (Å²) in [4.78, 5) is 4.44. The van der Waals surface area contributed by atoms with Gasteiger partial charge in [-0.05, 0) is 24.1 Å². The average Bonchev–Trinajstić information content (AvgIpc) is 2.25. The predicted molar refractivity (Wildman–Crippen MR) is 61.8 cm³/mol. The normalized spacial score (nSPS) is 10.9. The smallest absolute Gasteiger partial charge is 0.137 e. The molecular formula is C11H14ClNO2. The van der Waals surface area contributed by atoms with Crippen LogP contribution in [-0.2, 0) is 4.84 Å². The first-order valence-electron chi connectivity index (χ1n) is 4.59. The first-order chi connectivity index (χ1) is 7.27. The zero-order chi connectivity index (χ0) is 11.1. The Morgan fingerprint density at radius 2 is 2.27 bits per heavy atom. The Morgan fingerprint density at radius 3 is 2.87 bits per heavy atom. The minimum atomic E-state index is 0.514. The summed E-state index contributed by atoms with van der Waals surface area (Å²) in [6.07, 6.45) is 4.72. The fourth-order valence-electron chi connectivity index (χ4n) is 1.14. The lowest BCUT2D eigenvalue weighted by Gasteiger charge is -2.02. The predicted octanol–water partition coefficient (Wildman–Crippen LogP) is 2.64. The first-order valence-corrected chi connectivity index (χ1v) is 4.97. The molecule has 4 heteroatoms. The summed E-state index contributed by atoms with van der Waals surface area (Å²) in [5, 5.41) is 0.606. The largest absolute Gasteiger partial charge is 0.495 e. The summed E-state index contributed by atoms with van der Waals surface area (Å²) < 4.78 is 5.05. The van der Waals surface area contributed by atoms with E-state index in [1.165, 1.54) is 0 Å². The van der Waals surface area contributed by atoms with Crippen molar-refractivity contribution in [2.45, 2.75) is 6.42 Å². The van der Waals surface area contributed by atoms with Crippen LogP contribution in [0.25, 0.3) is 6.08 Å². The summed E-state index contributed by atoms with van der Waals surface area (Å²) in [5.74, 6) is 5.58. The third kappa shape index (κ3) is 3.91. The summed E-state index contributed by atoms with van der Waals surface area (Å²) in [5.41, 5.74) is 1.03. The van der Waals surface area contributed by atoms with Crippen molar-refractivity contribution in [1.29, 1.82) is 0 Å². The van der Waals surface area contributed by atoms with Gasteiger partial charge in [0.05, 0.1) is 18.7 Å². The molecule has 1 aromatic carbocycles. The summed E-state index contributed by atoms with van der Waals surface area (Å²) in [6.45, 7) is 0.514. The van der Waals surface area contributed by atoms with Crippen molar-refractivity contribution in [3.05, 3.63) is 34.9 Å². The number of benzene rings is 1. The molecule has 3 nitrogen and oxygen atoms in total. The topological polar surface area (TPSA) is 44.5 Å². The molecule has 0 radical (unpaired) electrons. The molecule has 0 bridgehead atoms. The van der Waals surface area contributed by atoms with E-state index in [-0.39, 0.29) is 0 Å². The van der Waals surface area contributed by atoms with Crippen LogP contribution in [-0.4, -0.2) is 13.7 Å². The maximum absolute atomic E-state index is 5.97. The lowest BCUT2D eigenvalue weighted by atomic mass is 10.2. The number of ether oxygens (including phenoxy) is 1. The van der Waals surface area contributed by atoms with Crippen molar-refractivity contribution in [2.75, 3.05) is 13.7 Å². The molecule has 0 heterocycles. The van der Waals surface area contributed by atoms with Gasteiger partial charge in [0.25, 0.3) is 0 Å². The van der Waals surface area contributed by atoms with Gasteiger partial charge in [-0.3, -0.25) is 0 Å². The molecule has 0 unspecified atom stereocenters. The van der Waals surface area contributed by atoms with Crippen molar-refractivity contribution < 1.29 is 9.57 Å². The molecule has 0 saturated heterocycles. The van der Waals surface area contributed by atoms with Gasteiger partial charge in [0.1, 0.15) is 5.75 Å². The van der Waals surface area contributed by atoms with Crippen LogP contribution in [0, 0.1) is 0 Å². The standard InChI is InChI=1S/C11H14ClNO2/c1-14-11-6-5-9(8-10(11)12)4-2-3-7-15-13/h2,4-6,8H,3,7,13H2,1H3/b4-2+. The van der Waals surface area contributed by atoms with Crippen LogP contribution in [0.5, 0.6) is 5.75 Å². The Kier molecular flexibility index (Phi) is 5.18. The third-order valence-electron chi connectivity index (χ3n) is 1.89. The monoisotopic (exact) mass is 227 g/mol. The molecule has 0 aliphatic rings. The van der Waals surface area contributed by atoms with E-state index in [1.807, 2.05) is 30.4 Å². The molecule has 0 fully saturated rings. The van der Waals surface area contributed by atoms with Crippen LogP contribution in [0.4, 0.5) is 0 Å². The minimum Gasteiger partial charge on any atom is -0.495 e. The Morgan fingerprint density at radius 1 is 1.47 bits per heavy atom. The Bertz CT molecular complexity index is 339. The molecular weight excluding hydrogens is 214 g/mol. The lowest BCUT2D eigenvalue weighted by Crippen LogP contribution is -1.98. The quantitative estimate of drug-likeness (QED) is 0.621. The number of hydrogen-bond donors (Lipinski definition) is 1. The van der Waals surface area contributed by atoms with Gasteiger partial charge < -0.3 is 9.57 Å². The number of halogens is 1. The molecule has 0 aliphatic heterocycles. The van der Waals surface area contributed by atoms with Crippen molar-refractivity contribution in [2.24, 2.45) is 5.90 Å². The molecule has 82 valence electrons. The van der Waals surface area contributed by atoms with E-state index in [0.717, 1.165) is 12.0 Å². The van der Waals surface area contributed by atoms with Crippen LogP contribution < -0.4 is 10.6 Å². The number of hydrogen-bond acceptors (Lipinski definition) is 3. The Labute approximate surface area is 94.4 Å². The summed E-state index contributed by atoms with van der Waals surface area (Å²) >= 11 is 5.97. The van der Waals surface area contributed by atoms with Crippen LogP contribution in [0.3, 0.4) is 0 Å². The van der Waals surface area contributed by atoms with Crippen LogP contribution >= 0.6 is 11.6 Å². The SMILES string of the molecule is COc1ccc(/C=C/CCON)cc1Cl. The van der Waals surface area contributed by atoms with Crippen molar-refractivity contribution in [3.8, 4) is 5.75 Å². The number of rotatable bonds is 5. The van der Waals surface area contributed by atoms with Gasteiger partial charge in [0, 0.05) is 0 Å². The molecule has 0 aliphatic carbocycles. The second-order valence-corrected chi connectivity index (χ2v) is 3.36. The van der Waals surface area contributed by atoms with Crippen LogP contribution in [0.1, 0.15) is 12.0 Å². The highest BCUT2D eigenvalue weighted by Gasteiger charge is 1.98. The van der Waals surface area contributed by atoms with E-state index < -0.39 is 0 Å². The molecule has 15 heavy (non-hydrogen) atoms. The zero-order valence-electron chi connectivity index (χ0n) is 8.57. The van der Waals surface area contributed by atoms with Gasteiger partial charge in [0.2, 0.25) is 0 Å². The average molecular weight is 228 g/mol. The van der Waals surface area contributed by atoms with Crippen molar-refractivity contribution in [1.82, 2.24) is 0 Å². The molecule has 0 saturated carbocycles. The van der Waals surface area contributed by atoms with Gasteiger partial charge >= 0.3 is 0 Å². The van der Waals surface area contributed by atoms with E-state index in [9.17, 15) is 0 Å². The van der Waals surface area contributed by atoms with Crippen LogP contribution in [0.15, 0.2) is 24.3 Å². The fourth-order valence-corrected chi connectivity index (χ4v) is 1.41. The third-order valence-corrected chi connectivity index (χ3v) is 2.18. The van der Waals surface area contributed by atoms with Gasteiger partial charge in [-0.15, -0.1) is 0 Å². The Hall–Kier alpha value is -1.03. The molecule has 0 spiro atoms. The van der Waals surface area contributed by atoms with E-state index in [4.69, 9.17) is 22.2 Å².